The highest BCUT2D eigenvalue weighted by atomic mass is 35.5. The lowest BCUT2D eigenvalue weighted by Crippen LogP contribution is -2.22. The van der Waals surface area contributed by atoms with Crippen molar-refractivity contribution in [2.24, 2.45) is 5.92 Å². The molecule has 16 heavy (non-hydrogen) atoms. The van der Waals surface area contributed by atoms with Crippen LogP contribution in [0, 0.1) is 18.7 Å². The molecule has 1 nitrogen and oxygen atoms in total. The first-order valence-electron chi connectivity index (χ1n) is 5.57. The highest BCUT2D eigenvalue weighted by Gasteiger charge is 2.59. The summed E-state index contributed by atoms with van der Waals surface area (Å²) in [6.07, 6.45) is 1.25. The molecule has 0 aromatic heterocycles. The van der Waals surface area contributed by atoms with E-state index in [1.165, 1.54) is 18.5 Å². The summed E-state index contributed by atoms with van der Waals surface area (Å²) >= 11 is 0. The predicted molar refractivity (Wildman–Crippen MR) is 65.7 cm³/mol. The van der Waals surface area contributed by atoms with E-state index in [0.29, 0.717) is 5.41 Å². The molecular formula is C13H17ClFN. The molecule has 3 heteroatoms. The van der Waals surface area contributed by atoms with E-state index in [9.17, 15) is 4.39 Å². The maximum absolute atomic E-state index is 13.5. The number of likely N-dealkylation sites (tertiary alicyclic amines) is 1. The van der Waals surface area contributed by atoms with E-state index in [4.69, 9.17) is 0 Å². The van der Waals surface area contributed by atoms with Gasteiger partial charge in [0.05, 0.1) is 0 Å². The Bertz CT molecular complexity index is 420. The first kappa shape index (κ1) is 11.9. The maximum Gasteiger partial charge on any atom is 0.126 e. The lowest BCUT2D eigenvalue weighted by atomic mass is 9.94. The first-order valence-corrected chi connectivity index (χ1v) is 5.57. The van der Waals surface area contributed by atoms with Crippen molar-refractivity contribution in [2.75, 3.05) is 20.1 Å². The van der Waals surface area contributed by atoms with Crippen LogP contribution in [0.2, 0.25) is 0 Å². The van der Waals surface area contributed by atoms with E-state index in [0.717, 1.165) is 18.0 Å². The molecule has 0 radical (unpaired) electrons. The van der Waals surface area contributed by atoms with Gasteiger partial charge in [0.15, 0.2) is 0 Å². The van der Waals surface area contributed by atoms with Gasteiger partial charge < -0.3 is 4.90 Å². The molecule has 0 spiro atoms. The van der Waals surface area contributed by atoms with Crippen molar-refractivity contribution in [1.82, 2.24) is 4.90 Å². The van der Waals surface area contributed by atoms with Crippen LogP contribution in [-0.4, -0.2) is 25.0 Å². The van der Waals surface area contributed by atoms with Crippen LogP contribution < -0.4 is 0 Å². The van der Waals surface area contributed by atoms with Crippen LogP contribution in [0.4, 0.5) is 4.39 Å². The summed E-state index contributed by atoms with van der Waals surface area (Å²) in [6, 6.07) is 5.76. The van der Waals surface area contributed by atoms with Gasteiger partial charge in [-0.1, -0.05) is 12.1 Å². The second-order valence-electron chi connectivity index (χ2n) is 5.22. The monoisotopic (exact) mass is 241 g/mol. The Morgan fingerprint density at radius 2 is 2.19 bits per heavy atom. The SMILES string of the molecule is Cc1ccc(C23C[C@H]2CN(C)C3)cc1F.Cl. The lowest BCUT2D eigenvalue weighted by Gasteiger charge is -2.16. The molecule has 1 aromatic rings. The Hall–Kier alpha value is -0.600. The molecule has 1 saturated heterocycles. The van der Waals surface area contributed by atoms with Crippen molar-refractivity contribution >= 4 is 12.4 Å². The normalized spacial score (nSPS) is 32.1. The number of hydrogen-bond donors (Lipinski definition) is 0. The molecule has 1 heterocycles. The summed E-state index contributed by atoms with van der Waals surface area (Å²) in [7, 11) is 2.15. The Labute approximate surface area is 102 Å². The fraction of sp³-hybridized carbons (Fsp3) is 0.538. The van der Waals surface area contributed by atoms with Crippen molar-refractivity contribution in [2.45, 2.75) is 18.8 Å². The molecule has 0 bridgehead atoms. The van der Waals surface area contributed by atoms with E-state index in [-0.39, 0.29) is 18.2 Å². The molecule has 1 saturated carbocycles. The highest BCUT2D eigenvalue weighted by Crippen LogP contribution is 2.58. The molecule has 3 rings (SSSR count). The number of halogens is 2. The average molecular weight is 242 g/mol. The number of aryl methyl sites for hydroxylation is 1. The van der Waals surface area contributed by atoms with Gasteiger partial charge in [0.1, 0.15) is 5.82 Å². The molecule has 0 amide bonds. The van der Waals surface area contributed by atoms with Gasteiger partial charge in [-0.05, 0) is 43.5 Å². The Kier molecular flexibility index (Phi) is 2.75. The van der Waals surface area contributed by atoms with Crippen LogP contribution in [0.3, 0.4) is 0 Å². The largest absolute Gasteiger partial charge is 0.305 e. The molecule has 2 atom stereocenters. The van der Waals surface area contributed by atoms with Crippen molar-refractivity contribution in [3.63, 3.8) is 0 Å². The van der Waals surface area contributed by atoms with Gasteiger partial charge in [0.25, 0.3) is 0 Å². The average Bonchev–Trinajstić information content (AvgIpc) is 2.75. The predicted octanol–water partition coefficient (Wildman–Crippen LogP) is 2.76. The third-order valence-electron chi connectivity index (χ3n) is 4.06. The third-order valence-corrected chi connectivity index (χ3v) is 4.06. The zero-order chi connectivity index (χ0) is 10.6. The van der Waals surface area contributed by atoms with Crippen LogP contribution in [0.5, 0.6) is 0 Å². The Morgan fingerprint density at radius 1 is 1.44 bits per heavy atom. The van der Waals surface area contributed by atoms with E-state index >= 15 is 0 Å². The van der Waals surface area contributed by atoms with Gasteiger partial charge in [0.2, 0.25) is 0 Å². The Morgan fingerprint density at radius 3 is 2.75 bits per heavy atom. The number of piperidine rings is 1. The highest BCUT2D eigenvalue weighted by molar-refractivity contribution is 5.85. The number of likely N-dealkylation sites (N-methyl/N-ethyl adjacent to an activating group) is 1. The van der Waals surface area contributed by atoms with Gasteiger partial charge in [-0.25, -0.2) is 4.39 Å². The van der Waals surface area contributed by atoms with Crippen LogP contribution in [0.15, 0.2) is 18.2 Å². The summed E-state index contributed by atoms with van der Waals surface area (Å²) in [6.45, 7) is 4.09. The smallest absolute Gasteiger partial charge is 0.126 e. The van der Waals surface area contributed by atoms with Crippen molar-refractivity contribution in [3.05, 3.63) is 35.1 Å². The van der Waals surface area contributed by atoms with Crippen molar-refractivity contribution in [3.8, 4) is 0 Å². The van der Waals surface area contributed by atoms with Crippen molar-refractivity contribution in [1.29, 1.82) is 0 Å². The summed E-state index contributed by atoms with van der Waals surface area (Å²) in [4.78, 5) is 2.35. The number of benzene rings is 1. The molecule has 1 aliphatic heterocycles. The summed E-state index contributed by atoms with van der Waals surface area (Å²) < 4.78 is 13.5. The second kappa shape index (κ2) is 3.71. The van der Waals surface area contributed by atoms with Gasteiger partial charge in [0, 0.05) is 18.5 Å². The van der Waals surface area contributed by atoms with Gasteiger partial charge in [-0.2, -0.15) is 0 Å². The summed E-state index contributed by atoms with van der Waals surface area (Å²) in [5.41, 5.74) is 2.25. The molecule has 1 unspecified atom stereocenters. The van der Waals surface area contributed by atoms with Gasteiger partial charge in [-0.3, -0.25) is 0 Å². The molecular weight excluding hydrogens is 225 g/mol. The fourth-order valence-corrected chi connectivity index (χ4v) is 3.08. The molecule has 2 aliphatic rings. The van der Waals surface area contributed by atoms with E-state index in [1.807, 2.05) is 13.0 Å². The van der Waals surface area contributed by atoms with E-state index in [2.05, 4.69) is 18.0 Å². The van der Waals surface area contributed by atoms with Crippen LogP contribution in [0.1, 0.15) is 17.5 Å². The number of rotatable bonds is 1. The fourth-order valence-electron chi connectivity index (χ4n) is 3.08. The molecule has 2 fully saturated rings. The minimum atomic E-state index is -0.0536. The minimum Gasteiger partial charge on any atom is -0.305 e. The number of nitrogens with zero attached hydrogens (tertiary/aromatic N) is 1. The summed E-state index contributed by atoms with van der Waals surface area (Å²) in [5.74, 6) is 0.715. The molecule has 88 valence electrons. The zero-order valence-electron chi connectivity index (χ0n) is 9.66. The third kappa shape index (κ3) is 1.56. The topological polar surface area (TPSA) is 3.24 Å². The molecule has 1 aliphatic carbocycles. The van der Waals surface area contributed by atoms with Crippen LogP contribution in [0.25, 0.3) is 0 Å². The van der Waals surface area contributed by atoms with Gasteiger partial charge in [-0.15, -0.1) is 12.4 Å². The van der Waals surface area contributed by atoms with Crippen LogP contribution in [-0.2, 0) is 5.41 Å². The first-order chi connectivity index (χ1) is 7.12. The molecule has 0 N–H and O–H groups in total. The molecule has 1 aromatic carbocycles. The number of hydrogen-bond acceptors (Lipinski definition) is 1. The van der Waals surface area contributed by atoms with E-state index in [1.54, 1.807) is 6.07 Å². The van der Waals surface area contributed by atoms with Crippen LogP contribution >= 0.6 is 12.4 Å². The van der Waals surface area contributed by atoms with E-state index < -0.39 is 0 Å². The Balaban J connectivity index is 0.000000963. The standard InChI is InChI=1S/C13H16FN.ClH/c1-9-3-4-10(5-12(9)14)13-6-11(13)7-15(2)8-13;/h3-5,11H,6-8H2,1-2H3;1H/t11-,13?;/m0./s1. The lowest BCUT2D eigenvalue weighted by molar-refractivity contribution is 0.363. The second-order valence-corrected chi connectivity index (χ2v) is 5.22. The zero-order valence-corrected chi connectivity index (χ0v) is 10.5. The quantitative estimate of drug-likeness (QED) is 0.731. The maximum atomic E-state index is 13.5. The number of fused-ring (bicyclic) bond motifs is 1. The minimum absolute atomic E-state index is 0. The van der Waals surface area contributed by atoms with Crippen molar-refractivity contribution < 1.29 is 4.39 Å². The summed E-state index contributed by atoms with van der Waals surface area (Å²) in [5, 5.41) is 0. The van der Waals surface area contributed by atoms with Gasteiger partial charge >= 0.3 is 0 Å².